The van der Waals surface area contributed by atoms with E-state index in [-0.39, 0.29) is 0 Å². The molecule has 1 aromatic carbocycles. The Morgan fingerprint density at radius 2 is 1.55 bits per heavy atom. The van der Waals surface area contributed by atoms with Gasteiger partial charge in [0.25, 0.3) is 0 Å². The van der Waals surface area contributed by atoms with Gasteiger partial charge in [-0.2, -0.15) is 0 Å². The van der Waals surface area contributed by atoms with Gasteiger partial charge >= 0.3 is 5.97 Å². The van der Waals surface area contributed by atoms with Gasteiger partial charge in [-0.3, -0.25) is 4.79 Å². The molecule has 0 N–H and O–H groups in total. The lowest BCUT2D eigenvalue weighted by Gasteiger charge is -2.25. The minimum absolute atomic E-state index is 0.334. The van der Waals surface area contributed by atoms with Gasteiger partial charge in [0.1, 0.15) is 6.61 Å². The molecule has 1 fully saturated rings. The smallest absolute Gasteiger partial charge is 0.309 e. The van der Waals surface area contributed by atoms with Crippen molar-refractivity contribution in [1.82, 2.24) is 0 Å². The lowest BCUT2D eigenvalue weighted by atomic mass is 9.82. The molecule has 0 saturated heterocycles. The van der Waals surface area contributed by atoms with E-state index >= 15 is 0 Å². The van der Waals surface area contributed by atoms with Gasteiger partial charge < -0.3 is 4.74 Å². The molecule has 22 heavy (non-hydrogen) atoms. The summed E-state index contributed by atoms with van der Waals surface area (Å²) < 4.78 is 70.6. The van der Waals surface area contributed by atoms with Crippen molar-refractivity contribution in [2.24, 2.45) is 11.8 Å². The Hall–Kier alpha value is -1.66. The van der Waals surface area contributed by atoms with E-state index in [1.165, 1.54) is 0 Å². The molecule has 122 valence electrons. The van der Waals surface area contributed by atoms with Gasteiger partial charge in [-0.1, -0.05) is 19.8 Å². The monoisotopic (exact) mass is 322 g/mol. The van der Waals surface area contributed by atoms with Crippen LogP contribution < -0.4 is 0 Å². The number of hydrogen-bond donors (Lipinski definition) is 0. The first-order chi connectivity index (χ1) is 10.3. The van der Waals surface area contributed by atoms with Gasteiger partial charge in [0.2, 0.25) is 5.82 Å². The van der Waals surface area contributed by atoms with Crippen LogP contribution in [0.15, 0.2) is 0 Å². The molecule has 0 aliphatic heterocycles. The standard InChI is InChI=1S/C15H15F5O2/c1-7-3-2-4-8(5-7)15(21)22-6-9-10(16)12(18)14(20)13(19)11(9)17/h7-8H,2-6H2,1H3/t7?,8-/m0/s1. The van der Waals surface area contributed by atoms with Crippen molar-refractivity contribution in [1.29, 1.82) is 0 Å². The molecular formula is C15H15F5O2. The Balaban J connectivity index is 2.10. The molecule has 1 aromatic rings. The molecule has 1 aliphatic rings. The Kier molecular flexibility index (Phi) is 5.03. The van der Waals surface area contributed by atoms with Crippen LogP contribution in [0.2, 0.25) is 0 Å². The number of rotatable bonds is 3. The summed E-state index contributed by atoms with van der Waals surface area (Å²) in [5, 5.41) is 0. The summed E-state index contributed by atoms with van der Waals surface area (Å²) in [6.07, 6.45) is 3.01. The van der Waals surface area contributed by atoms with Crippen LogP contribution in [0.3, 0.4) is 0 Å². The maximum absolute atomic E-state index is 13.4. The molecule has 7 heteroatoms. The van der Waals surface area contributed by atoms with E-state index in [0.717, 1.165) is 12.8 Å². The SMILES string of the molecule is CC1CCC[C@H](C(=O)OCc2c(F)c(F)c(F)c(F)c2F)C1. The number of hydrogen-bond acceptors (Lipinski definition) is 2. The van der Waals surface area contributed by atoms with E-state index < -0.39 is 53.1 Å². The number of carbonyl (C=O) groups excluding carboxylic acids is 1. The molecule has 0 heterocycles. The highest BCUT2D eigenvalue weighted by Crippen LogP contribution is 2.30. The Morgan fingerprint density at radius 1 is 1.00 bits per heavy atom. The first kappa shape index (κ1) is 16.7. The molecule has 1 unspecified atom stereocenters. The highest BCUT2D eigenvalue weighted by molar-refractivity contribution is 5.72. The van der Waals surface area contributed by atoms with Crippen LogP contribution in [-0.2, 0) is 16.1 Å². The maximum Gasteiger partial charge on any atom is 0.309 e. The Morgan fingerprint density at radius 3 is 2.09 bits per heavy atom. The Bertz CT molecular complexity index is 559. The highest BCUT2D eigenvalue weighted by atomic mass is 19.2. The van der Waals surface area contributed by atoms with Crippen molar-refractivity contribution < 1.29 is 31.5 Å². The van der Waals surface area contributed by atoms with Crippen molar-refractivity contribution >= 4 is 5.97 Å². The van der Waals surface area contributed by atoms with Crippen molar-refractivity contribution in [3.8, 4) is 0 Å². The second-order valence-electron chi connectivity index (χ2n) is 5.62. The largest absolute Gasteiger partial charge is 0.460 e. The normalized spacial score (nSPS) is 21.7. The number of esters is 1. The topological polar surface area (TPSA) is 26.3 Å². The minimum Gasteiger partial charge on any atom is -0.460 e. The molecule has 0 bridgehead atoms. The zero-order valence-electron chi connectivity index (χ0n) is 11.9. The summed E-state index contributed by atoms with van der Waals surface area (Å²) in [6.45, 7) is 0.999. The van der Waals surface area contributed by atoms with Gasteiger partial charge in [-0.15, -0.1) is 0 Å². The third-order valence-corrected chi connectivity index (χ3v) is 3.93. The number of benzene rings is 1. The quantitative estimate of drug-likeness (QED) is 0.360. The third kappa shape index (κ3) is 3.23. The van der Waals surface area contributed by atoms with Crippen LogP contribution >= 0.6 is 0 Å². The van der Waals surface area contributed by atoms with Crippen LogP contribution in [0.4, 0.5) is 22.0 Å². The van der Waals surface area contributed by atoms with Crippen molar-refractivity contribution in [3.05, 3.63) is 34.6 Å². The van der Waals surface area contributed by atoms with Crippen molar-refractivity contribution in [2.45, 2.75) is 39.2 Å². The van der Waals surface area contributed by atoms with Crippen molar-refractivity contribution in [3.63, 3.8) is 0 Å². The predicted molar refractivity (Wildman–Crippen MR) is 67.2 cm³/mol. The molecule has 0 aromatic heterocycles. The summed E-state index contributed by atoms with van der Waals surface area (Å²) >= 11 is 0. The lowest BCUT2D eigenvalue weighted by Crippen LogP contribution is -2.24. The molecule has 1 saturated carbocycles. The molecule has 2 rings (SSSR count). The van der Waals surface area contributed by atoms with E-state index in [9.17, 15) is 26.7 Å². The van der Waals surface area contributed by atoms with Gasteiger partial charge in [-0.25, -0.2) is 22.0 Å². The minimum atomic E-state index is -2.23. The predicted octanol–water partition coefficient (Wildman–Crippen LogP) is 4.25. The number of ether oxygens (including phenoxy) is 1. The summed E-state index contributed by atoms with van der Waals surface area (Å²) in [5.41, 5.74) is -1.13. The maximum atomic E-state index is 13.4. The average molecular weight is 322 g/mol. The molecule has 0 amide bonds. The zero-order chi connectivity index (χ0) is 16.4. The summed E-state index contributed by atoms with van der Waals surface area (Å²) in [7, 11) is 0. The summed E-state index contributed by atoms with van der Waals surface area (Å²) in [4.78, 5) is 11.8. The lowest BCUT2D eigenvalue weighted by molar-refractivity contribution is -0.151. The second kappa shape index (κ2) is 6.62. The van der Waals surface area contributed by atoms with Crippen LogP contribution in [0.5, 0.6) is 0 Å². The first-order valence-electron chi connectivity index (χ1n) is 6.99. The van der Waals surface area contributed by atoms with E-state index in [1.807, 2.05) is 6.92 Å². The fourth-order valence-corrected chi connectivity index (χ4v) is 2.69. The molecule has 2 nitrogen and oxygen atoms in total. The highest BCUT2D eigenvalue weighted by Gasteiger charge is 2.29. The third-order valence-electron chi connectivity index (χ3n) is 3.93. The summed E-state index contributed by atoms with van der Waals surface area (Å²) in [5.74, 6) is -11.0. The average Bonchev–Trinajstić information content (AvgIpc) is 2.50. The molecular weight excluding hydrogens is 307 g/mol. The van der Waals surface area contributed by atoms with Gasteiger partial charge in [0, 0.05) is 0 Å². The van der Waals surface area contributed by atoms with Crippen LogP contribution in [0.1, 0.15) is 38.2 Å². The van der Waals surface area contributed by atoms with E-state index in [0.29, 0.717) is 18.8 Å². The second-order valence-corrected chi connectivity index (χ2v) is 5.62. The Labute approximate surface area is 124 Å². The molecule has 0 radical (unpaired) electrons. The van der Waals surface area contributed by atoms with Crippen LogP contribution in [0, 0.1) is 40.9 Å². The first-order valence-corrected chi connectivity index (χ1v) is 6.99. The molecule has 1 aliphatic carbocycles. The number of carbonyl (C=O) groups is 1. The fourth-order valence-electron chi connectivity index (χ4n) is 2.69. The van der Waals surface area contributed by atoms with E-state index in [2.05, 4.69) is 0 Å². The van der Waals surface area contributed by atoms with Gasteiger partial charge in [-0.05, 0) is 18.8 Å². The number of halogens is 5. The van der Waals surface area contributed by atoms with E-state index in [4.69, 9.17) is 4.74 Å². The molecule has 0 spiro atoms. The van der Waals surface area contributed by atoms with E-state index in [1.54, 1.807) is 0 Å². The van der Waals surface area contributed by atoms with Crippen molar-refractivity contribution in [2.75, 3.05) is 0 Å². The van der Waals surface area contributed by atoms with Gasteiger partial charge in [0.05, 0.1) is 11.5 Å². The summed E-state index contributed by atoms with van der Waals surface area (Å²) in [6, 6.07) is 0. The van der Waals surface area contributed by atoms with Crippen LogP contribution in [0.25, 0.3) is 0 Å². The zero-order valence-corrected chi connectivity index (χ0v) is 11.9. The molecule has 2 atom stereocenters. The van der Waals surface area contributed by atoms with Gasteiger partial charge in [0.15, 0.2) is 23.3 Å². The fraction of sp³-hybridized carbons (Fsp3) is 0.533. The van der Waals surface area contributed by atoms with Crippen LogP contribution in [-0.4, -0.2) is 5.97 Å².